The van der Waals surface area contributed by atoms with Crippen molar-refractivity contribution in [2.75, 3.05) is 26.2 Å². The highest BCUT2D eigenvalue weighted by Crippen LogP contribution is 2.20. The predicted molar refractivity (Wildman–Crippen MR) is 94.5 cm³/mol. The predicted octanol–water partition coefficient (Wildman–Crippen LogP) is 1.55. The van der Waals surface area contributed by atoms with Gasteiger partial charge in [0, 0.05) is 26.2 Å². The largest absolute Gasteiger partial charge is 0.338 e. The molecular weight excluding hydrogens is 340 g/mol. The number of piperazine rings is 1. The minimum Gasteiger partial charge on any atom is -0.338 e. The first-order chi connectivity index (χ1) is 12.1. The second-order valence-electron chi connectivity index (χ2n) is 6.32. The number of nitrogens with zero attached hydrogens (tertiary/aromatic N) is 5. The lowest BCUT2D eigenvalue weighted by Crippen LogP contribution is -2.47. The summed E-state index contributed by atoms with van der Waals surface area (Å²) in [6.07, 6.45) is 0. The van der Waals surface area contributed by atoms with E-state index < -0.39 is 0 Å². The molecule has 4 rings (SSSR count). The second-order valence-corrected chi connectivity index (χ2v) is 7.23. The van der Waals surface area contributed by atoms with Crippen molar-refractivity contribution in [3.63, 3.8) is 0 Å². The average molecular weight is 360 g/mol. The Bertz CT molecular complexity index is 924. The van der Waals surface area contributed by atoms with Crippen LogP contribution in [0.1, 0.15) is 30.5 Å². The Morgan fingerprint density at radius 1 is 1.32 bits per heavy atom. The molecule has 1 aliphatic rings. The second kappa shape index (κ2) is 6.66. The first kappa shape index (κ1) is 16.4. The van der Waals surface area contributed by atoms with Gasteiger partial charge in [0.2, 0.25) is 5.89 Å². The Balaban J connectivity index is 1.39. The molecule has 3 aromatic rings. The SMILES string of the molecule is Cc1noc(C(C)N2CCN(Cc3nc4ccsc4c(=O)[nH]3)CC2)n1. The Kier molecular flexibility index (Phi) is 4.36. The summed E-state index contributed by atoms with van der Waals surface area (Å²) >= 11 is 1.43. The molecule has 1 fully saturated rings. The van der Waals surface area contributed by atoms with Crippen LogP contribution in [0, 0.1) is 6.92 Å². The van der Waals surface area contributed by atoms with E-state index in [4.69, 9.17) is 4.52 Å². The smallest absolute Gasteiger partial charge is 0.268 e. The zero-order chi connectivity index (χ0) is 17.4. The molecule has 1 saturated heterocycles. The van der Waals surface area contributed by atoms with Crippen molar-refractivity contribution < 1.29 is 4.52 Å². The summed E-state index contributed by atoms with van der Waals surface area (Å²) in [5.41, 5.74) is 0.733. The maximum Gasteiger partial charge on any atom is 0.268 e. The molecule has 0 aromatic carbocycles. The number of aromatic amines is 1. The van der Waals surface area contributed by atoms with Crippen LogP contribution in [-0.2, 0) is 6.54 Å². The third-order valence-electron chi connectivity index (χ3n) is 4.59. The van der Waals surface area contributed by atoms with Crippen LogP contribution in [0.5, 0.6) is 0 Å². The van der Waals surface area contributed by atoms with E-state index in [9.17, 15) is 4.79 Å². The van der Waals surface area contributed by atoms with Crippen LogP contribution in [0.15, 0.2) is 20.8 Å². The summed E-state index contributed by atoms with van der Waals surface area (Å²) in [7, 11) is 0. The van der Waals surface area contributed by atoms with Crippen LogP contribution in [0.2, 0.25) is 0 Å². The molecule has 1 N–H and O–H groups in total. The van der Waals surface area contributed by atoms with Crippen LogP contribution < -0.4 is 5.56 Å². The number of hydrogen-bond acceptors (Lipinski definition) is 8. The van der Waals surface area contributed by atoms with Crippen molar-refractivity contribution in [3.8, 4) is 0 Å². The quantitative estimate of drug-likeness (QED) is 0.755. The molecule has 8 nitrogen and oxygen atoms in total. The fourth-order valence-electron chi connectivity index (χ4n) is 3.16. The number of rotatable bonds is 4. The van der Waals surface area contributed by atoms with Gasteiger partial charge in [0.05, 0.1) is 18.1 Å². The normalized spacial score (nSPS) is 18.0. The van der Waals surface area contributed by atoms with E-state index in [1.807, 2.05) is 18.4 Å². The molecule has 25 heavy (non-hydrogen) atoms. The Morgan fingerprint density at radius 3 is 2.84 bits per heavy atom. The summed E-state index contributed by atoms with van der Waals surface area (Å²) in [5, 5.41) is 5.77. The molecule has 0 amide bonds. The number of hydrogen-bond donors (Lipinski definition) is 1. The highest BCUT2D eigenvalue weighted by atomic mass is 32.1. The maximum absolute atomic E-state index is 12.1. The molecule has 132 valence electrons. The lowest BCUT2D eigenvalue weighted by Gasteiger charge is -2.36. The van der Waals surface area contributed by atoms with E-state index in [1.165, 1.54) is 11.3 Å². The van der Waals surface area contributed by atoms with Crippen LogP contribution in [0.4, 0.5) is 0 Å². The van der Waals surface area contributed by atoms with Gasteiger partial charge in [-0.1, -0.05) is 5.16 Å². The molecule has 9 heteroatoms. The third kappa shape index (κ3) is 3.35. The number of H-pyrrole nitrogens is 1. The Labute approximate surface area is 148 Å². The van der Waals surface area contributed by atoms with Crippen LogP contribution in [-0.4, -0.2) is 56.1 Å². The van der Waals surface area contributed by atoms with E-state index in [2.05, 4.69) is 36.8 Å². The minimum atomic E-state index is -0.0472. The first-order valence-corrected chi connectivity index (χ1v) is 9.21. The first-order valence-electron chi connectivity index (χ1n) is 8.33. The van der Waals surface area contributed by atoms with Gasteiger partial charge in [-0.05, 0) is 25.3 Å². The van der Waals surface area contributed by atoms with Gasteiger partial charge in [0.15, 0.2) is 5.82 Å². The van der Waals surface area contributed by atoms with Crippen LogP contribution in [0.25, 0.3) is 10.2 Å². The molecule has 0 bridgehead atoms. The molecule has 0 saturated carbocycles. The van der Waals surface area contributed by atoms with Crippen LogP contribution in [0.3, 0.4) is 0 Å². The van der Waals surface area contributed by atoms with Gasteiger partial charge in [-0.2, -0.15) is 4.98 Å². The van der Waals surface area contributed by atoms with Crippen molar-refractivity contribution in [2.45, 2.75) is 26.4 Å². The van der Waals surface area contributed by atoms with Gasteiger partial charge >= 0.3 is 0 Å². The molecule has 1 aliphatic heterocycles. The third-order valence-corrected chi connectivity index (χ3v) is 5.49. The van der Waals surface area contributed by atoms with Crippen molar-refractivity contribution in [1.29, 1.82) is 0 Å². The molecule has 0 aliphatic carbocycles. The molecule has 0 radical (unpaired) electrons. The van der Waals surface area contributed by atoms with E-state index in [-0.39, 0.29) is 11.6 Å². The fourth-order valence-corrected chi connectivity index (χ4v) is 3.88. The fraction of sp³-hybridized carbons (Fsp3) is 0.500. The zero-order valence-corrected chi connectivity index (χ0v) is 15.0. The van der Waals surface area contributed by atoms with Gasteiger partial charge in [0.1, 0.15) is 10.5 Å². The van der Waals surface area contributed by atoms with Crippen molar-refractivity contribution in [2.24, 2.45) is 0 Å². The molecule has 4 heterocycles. The minimum absolute atomic E-state index is 0.0472. The molecular formula is C16H20N6O2S. The number of fused-ring (bicyclic) bond motifs is 1. The van der Waals surface area contributed by atoms with E-state index in [0.29, 0.717) is 23.0 Å². The summed E-state index contributed by atoms with van der Waals surface area (Å²) in [5.74, 6) is 2.06. The monoisotopic (exact) mass is 360 g/mol. The molecule has 1 unspecified atom stereocenters. The van der Waals surface area contributed by atoms with Gasteiger partial charge in [-0.15, -0.1) is 11.3 Å². The van der Waals surface area contributed by atoms with E-state index >= 15 is 0 Å². The number of nitrogens with one attached hydrogen (secondary N) is 1. The van der Waals surface area contributed by atoms with Gasteiger partial charge in [-0.25, -0.2) is 4.98 Å². The van der Waals surface area contributed by atoms with Crippen LogP contribution >= 0.6 is 11.3 Å². The van der Waals surface area contributed by atoms with Gasteiger partial charge < -0.3 is 9.51 Å². The van der Waals surface area contributed by atoms with E-state index in [0.717, 1.165) is 37.5 Å². The lowest BCUT2D eigenvalue weighted by atomic mass is 10.2. The molecule has 3 aromatic heterocycles. The summed E-state index contributed by atoms with van der Waals surface area (Å²) in [6, 6.07) is 2.01. The highest BCUT2D eigenvalue weighted by molar-refractivity contribution is 7.17. The Morgan fingerprint density at radius 2 is 2.12 bits per heavy atom. The summed E-state index contributed by atoms with van der Waals surface area (Å²) in [4.78, 5) is 28.5. The molecule has 0 spiro atoms. The standard InChI is InChI=1S/C16H20N6O2S/c1-10(16-17-11(2)20-24-16)22-6-4-21(5-7-22)9-13-18-12-3-8-25-14(12)15(23)19-13/h3,8,10H,4-7,9H2,1-2H3,(H,18,19,23). The number of aromatic nitrogens is 4. The topological polar surface area (TPSA) is 91.2 Å². The Hall–Kier alpha value is -2.10. The van der Waals surface area contributed by atoms with Gasteiger partial charge in [-0.3, -0.25) is 14.6 Å². The van der Waals surface area contributed by atoms with Crippen molar-refractivity contribution in [1.82, 2.24) is 29.9 Å². The maximum atomic E-state index is 12.1. The summed E-state index contributed by atoms with van der Waals surface area (Å²) < 4.78 is 5.97. The zero-order valence-electron chi connectivity index (χ0n) is 14.2. The number of aryl methyl sites for hydroxylation is 1. The highest BCUT2D eigenvalue weighted by Gasteiger charge is 2.25. The summed E-state index contributed by atoms with van der Waals surface area (Å²) in [6.45, 7) is 8.21. The average Bonchev–Trinajstić information content (AvgIpc) is 3.24. The van der Waals surface area contributed by atoms with Gasteiger partial charge in [0.25, 0.3) is 5.56 Å². The lowest BCUT2D eigenvalue weighted by molar-refractivity contribution is 0.0831. The molecule has 1 atom stereocenters. The number of thiophene rings is 1. The van der Waals surface area contributed by atoms with E-state index in [1.54, 1.807) is 0 Å². The van der Waals surface area contributed by atoms with Crippen molar-refractivity contribution >= 4 is 21.6 Å². The van der Waals surface area contributed by atoms with Crippen molar-refractivity contribution in [3.05, 3.63) is 39.3 Å².